The zero-order valence-electron chi connectivity index (χ0n) is 19.6. The molecule has 2 aromatic carbocycles. The van der Waals surface area contributed by atoms with Crippen molar-refractivity contribution in [3.63, 3.8) is 0 Å². The standard InChI is InChI=1S/C24H23N3O3.C2HF3O2/c28-24-19-7-4-10-26(19)20-14-25(12-18-8-9-22-23(11-18)30-16-29-22)15-21(20)27(24)13-17-5-2-1-3-6-17;3-2(4,5)1(6)7/h1-11,20-21H,12-16H2;(H,6,7). The quantitative estimate of drug-likeness (QED) is 0.567. The predicted molar refractivity (Wildman–Crippen MR) is 125 cm³/mol. The van der Waals surface area contributed by atoms with Crippen molar-refractivity contribution >= 4 is 11.9 Å². The van der Waals surface area contributed by atoms with Crippen molar-refractivity contribution < 1.29 is 37.3 Å². The fourth-order valence-corrected chi connectivity index (χ4v) is 4.98. The van der Waals surface area contributed by atoms with E-state index in [4.69, 9.17) is 19.4 Å². The molecule has 3 aromatic rings. The van der Waals surface area contributed by atoms with Crippen molar-refractivity contribution in [3.05, 3.63) is 83.7 Å². The molecule has 0 aliphatic carbocycles. The summed E-state index contributed by atoms with van der Waals surface area (Å²) in [6, 6.07) is 20.8. The Morgan fingerprint density at radius 1 is 0.919 bits per heavy atom. The van der Waals surface area contributed by atoms with E-state index in [1.54, 1.807) is 0 Å². The van der Waals surface area contributed by atoms with E-state index in [0.717, 1.165) is 36.8 Å². The number of carboxylic acid groups (broad SMARTS) is 1. The first-order valence-corrected chi connectivity index (χ1v) is 11.6. The number of alkyl halides is 3. The minimum absolute atomic E-state index is 0.120. The molecule has 3 aliphatic heterocycles. The Bertz CT molecular complexity index is 1290. The Kier molecular flexibility index (Phi) is 6.55. The number of carbonyl (C=O) groups is 2. The highest BCUT2D eigenvalue weighted by Crippen LogP contribution is 2.37. The van der Waals surface area contributed by atoms with Gasteiger partial charge in [0, 0.05) is 32.4 Å². The van der Waals surface area contributed by atoms with Gasteiger partial charge < -0.3 is 24.0 Å². The number of nitrogens with zero attached hydrogens (tertiary/aromatic N) is 3. The Labute approximate surface area is 210 Å². The lowest BCUT2D eigenvalue weighted by Crippen LogP contribution is -2.49. The molecule has 11 heteroatoms. The molecule has 0 radical (unpaired) electrons. The molecule has 1 saturated heterocycles. The molecule has 0 spiro atoms. The smallest absolute Gasteiger partial charge is 0.475 e. The molecule has 1 amide bonds. The Balaban J connectivity index is 0.000000355. The number of ether oxygens (including phenoxy) is 2. The maximum Gasteiger partial charge on any atom is 0.490 e. The zero-order chi connectivity index (χ0) is 26.2. The predicted octanol–water partition coefficient (Wildman–Crippen LogP) is 3.93. The van der Waals surface area contributed by atoms with Crippen LogP contribution in [0.2, 0.25) is 0 Å². The summed E-state index contributed by atoms with van der Waals surface area (Å²) < 4.78 is 44.9. The number of aromatic nitrogens is 1. The van der Waals surface area contributed by atoms with Crippen LogP contribution >= 0.6 is 0 Å². The number of amides is 1. The van der Waals surface area contributed by atoms with Crippen LogP contribution in [0.3, 0.4) is 0 Å². The first-order valence-electron chi connectivity index (χ1n) is 11.6. The zero-order valence-corrected chi connectivity index (χ0v) is 19.6. The van der Waals surface area contributed by atoms with E-state index in [1.165, 1.54) is 11.1 Å². The summed E-state index contributed by atoms with van der Waals surface area (Å²) in [5, 5.41) is 7.12. The van der Waals surface area contributed by atoms with Gasteiger partial charge in [0.05, 0.1) is 12.1 Å². The largest absolute Gasteiger partial charge is 0.490 e. The number of carbonyl (C=O) groups excluding carboxylic acids is 1. The monoisotopic (exact) mass is 515 g/mol. The van der Waals surface area contributed by atoms with E-state index in [0.29, 0.717) is 13.3 Å². The van der Waals surface area contributed by atoms with Gasteiger partial charge in [-0.05, 0) is 35.4 Å². The number of carboxylic acids is 1. The third-order valence-electron chi connectivity index (χ3n) is 6.63. The maximum absolute atomic E-state index is 13.3. The average Bonchev–Trinajstić information content (AvgIpc) is 3.61. The van der Waals surface area contributed by atoms with Crippen LogP contribution in [0.1, 0.15) is 27.7 Å². The van der Waals surface area contributed by atoms with Gasteiger partial charge in [0.2, 0.25) is 6.79 Å². The number of halogens is 3. The topological polar surface area (TPSA) is 84.2 Å². The number of likely N-dealkylation sites (tertiary alicyclic amines) is 1. The van der Waals surface area contributed by atoms with E-state index in [9.17, 15) is 18.0 Å². The van der Waals surface area contributed by atoms with E-state index < -0.39 is 12.1 Å². The van der Waals surface area contributed by atoms with Gasteiger partial charge in [-0.3, -0.25) is 9.69 Å². The van der Waals surface area contributed by atoms with Crippen LogP contribution in [0.25, 0.3) is 0 Å². The van der Waals surface area contributed by atoms with Crippen LogP contribution in [-0.4, -0.2) is 63.5 Å². The highest BCUT2D eigenvalue weighted by molar-refractivity contribution is 5.94. The molecule has 6 rings (SSSR count). The number of hydrogen-bond acceptors (Lipinski definition) is 5. The van der Waals surface area contributed by atoms with Crippen LogP contribution < -0.4 is 9.47 Å². The Hall–Kier alpha value is -3.99. The van der Waals surface area contributed by atoms with Gasteiger partial charge in [-0.25, -0.2) is 4.79 Å². The summed E-state index contributed by atoms with van der Waals surface area (Å²) in [6.07, 6.45) is -3.03. The average molecular weight is 515 g/mol. The third kappa shape index (κ3) is 5.12. The highest BCUT2D eigenvalue weighted by atomic mass is 19.4. The van der Waals surface area contributed by atoms with Crippen LogP contribution in [0.15, 0.2) is 66.9 Å². The molecule has 1 fully saturated rings. The summed E-state index contributed by atoms with van der Waals surface area (Å²) in [5.74, 6) is -1.01. The van der Waals surface area contributed by atoms with Gasteiger partial charge in [0.1, 0.15) is 5.69 Å². The molecule has 2 unspecified atom stereocenters. The molecular formula is C26H24F3N3O5. The first-order chi connectivity index (χ1) is 17.7. The maximum atomic E-state index is 13.3. The summed E-state index contributed by atoms with van der Waals surface area (Å²) in [5.41, 5.74) is 3.16. The van der Waals surface area contributed by atoms with Gasteiger partial charge in [0.25, 0.3) is 5.91 Å². The minimum atomic E-state index is -5.08. The van der Waals surface area contributed by atoms with Crippen molar-refractivity contribution in [1.82, 2.24) is 14.4 Å². The second-order valence-corrected chi connectivity index (χ2v) is 9.04. The lowest BCUT2D eigenvalue weighted by atomic mass is 10.0. The van der Waals surface area contributed by atoms with Gasteiger partial charge in [0.15, 0.2) is 11.5 Å². The number of aliphatic carboxylic acids is 1. The van der Waals surface area contributed by atoms with E-state index in [1.807, 2.05) is 36.4 Å². The lowest BCUT2D eigenvalue weighted by Gasteiger charge is -2.38. The van der Waals surface area contributed by atoms with Crippen molar-refractivity contribution in [3.8, 4) is 11.5 Å². The molecule has 194 valence electrons. The lowest BCUT2D eigenvalue weighted by molar-refractivity contribution is -0.192. The fourth-order valence-electron chi connectivity index (χ4n) is 4.98. The molecule has 2 atom stereocenters. The molecule has 0 bridgehead atoms. The first kappa shape index (κ1) is 24.7. The van der Waals surface area contributed by atoms with Gasteiger partial charge in [-0.1, -0.05) is 36.4 Å². The van der Waals surface area contributed by atoms with Crippen LogP contribution in [-0.2, 0) is 17.9 Å². The van der Waals surface area contributed by atoms with Crippen molar-refractivity contribution in [2.75, 3.05) is 19.9 Å². The minimum Gasteiger partial charge on any atom is -0.475 e. The van der Waals surface area contributed by atoms with Gasteiger partial charge in [-0.2, -0.15) is 13.2 Å². The van der Waals surface area contributed by atoms with Gasteiger partial charge >= 0.3 is 12.1 Å². The molecule has 37 heavy (non-hydrogen) atoms. The molecule has 0 saturated carbocycles. The second-order valence-electron chi connectivity index (χ2n) is 9.04. The Morgan fingerprint density at radius 2 is 1.62 bits per heavy atom. The third-order valence-corrected chi connectivity index (χ3v) is 6.63. The van der Waals surface area contributed by atoms with Crippen molar-refractivity contribution in [2.24, 2.45) is 0 Å². The van der Waals surface area contributed by atoms with Crippen molar-refractivity contribution in [2.45, 2.75) is 31.3 Å². The summed E-state index contributed by atoms with van der Waals surface area (Å²) in [4.78, 5) is 26.7. The van der Waals surface area contributed by atoms with Crippen LogP contribution in [0.5, 0.6) is 11.5 Å². The van der Waals surface area contributed by atoms with Gasteiger partial charge in [-0.15, -0.1) is 0 Å². The highest BCUT2D eigenvalue weighted by Gasteiger charge is 2.44. The fraction of sp³-hybridized carbons (Fsp3) is 0.308. The SMILES string of the molecule is O=C(O)C(F)(F)F.O=C1c2cccn2C2CN(Cc3ccc4c(c3)OCO4)CC2N1Cc1ccccc1. The van der Waals surface area contributed by atoms with E-state index >= 15 is 0 Å². The number of rotatable bonds is 4. The van der Waals surface area contributed by atoms with Crippen LogP contribution in [0.4, 0.5) is 13.2 Å². The molecule has 1 N–H and O–H groups in total. The molecule has 4 heterocycles. The van der Waals surface area contributed by atoms with E-state index in [2.05, 4.69) is 44.8 Å². The number of fused-ring (bicyclic) bond motifs is 4. The number of hydrogen-bond donors (Lipinski definition) is 1. The summed E-state index contributed by atoms with van der Waals surface area (Å²) in [6.45, 7) is 3.53. The molecule has 1 aromatic heterocycles. The number of benzene rings is 2. The summed E-state index contributed by atoms with van der Waals surface area (Å²) in [7, 11) is 0. The second kappa shape index (κ2) is 9.81. The molecular weight excluding hydrogens is 491 g/mol. The Morgan fingerprint density at radius 3 is 2.35 bits per heavy atom. The van der Waals surface area contributed by atoms with Crippen molar-refractivity contribution in [1.29, 1.82) is 0 Å². The normalized spacial score (nSPS) is 20.2. The van der Waals surface area contributed by atoms with E-state index in [-0.39, 0.29) is 18.0 Å². The summed E-state index contributed by atoms with van der Waals surface area (Å²) >= 11 is 0. The molecule has 8 nitrogen and oxygen atoms in total. The van der Waals surface area contributed by atoms with Crippen LogP contribution in [0, 0.1) is 0 Å². The molecule has 3 aliphatic rings.